The summed E-state index contributed by atoms with van der Waals surface area (Å²) in [5.41, 5.74) is 0. The monoisotopic (exact) mass is 238 g/mol. The van der Waals surface area contributed by atoms with Crippen LogP contribution in [0, 0.1) is 5.92 Å². The smallest absolute Gasteiger partial charge is 0.0223 e. The first-order valence-corrected chi connectivity index (χ1v) is 7.77. The summed E-state index contributed by atoms with van der Waals surface area (Å²) >= 11 is 0. The van der Waals surface area contributed by atoms with Crippen LogP contribution in [-0.4, -0.2) is 36.6 Å². The summed E-state index contributed by atoms with van der Waals surface area (Å²) in [5.74, 6) is 0.954. The molecule has 0 bridgehead atoms. The van der Waals surface area contributed by atoms with E-state index in [0.717, 1.165) is 24.5 Å². The molecule has 0 aromatic carbocycles. The Morgan fingerprint density at radius 1 is 1.12 bits per heavy atom. The van der Waals surface area contributed by atoms with Gasteiger partial charge in [-0.25, -0.2) is 0 Å². The van der Waals surface area contributed by atoms with E-state index in [9.17, 15) is 0 Å². The normalized spacial score (nSPS) is 36.0. The molecule has 100 valence electrons. The Labute approximate surface area is 107 Å². The van der Waals surface area contributed by atoms with Crippen LogP contribution in [0.25, 0.3) is 0 Å². The average Bonchev–Trinajstić information content (AvgIpc) is 2.37. The van der Waals surface area contributed by atoms with Gasteiger partial charge in [0.15, 0.2) is 0 Å². The molecule has 1 N–H and O–H groups in total. The van der Waals surface area contributed by atoms with E-state index in [-0.39, 0.29) is 0 Å². The highest BCUT2D eigenvalue weighted by molar-refractivity contribution is 4.87. The minimum absolute atomic E-state index is 0.819. The molecule has 1 heterocycles. The van der Waals surface area contributed by atoms with Gasteiger partial charge in [0.1, 0.15) is 0 Å². The summed E-state index contributed by atoms with van der Waals surface area (Å²) in [6.45, 7) is 8.34. The van der Waals surface area contributed by atoms with E-state index < -0.39 is 0 Å². The maximum atomic E-state index is 3.56. The molecule has 1 saturated carbocycles. The minimum atomic E-state index is 0.819. The van der Waals surface area contributed by atoms with E-state index in [1.807, 2.05) is 0 Å². The van der Waals surface area contributed by atoms with Gasteiger partial charge >= 0.3 is 0 Å². The Morgan fingerprint density at radius 3 is 2.76 bits per heavy atom. The molecule has 2 aliphatic rings. The molecule has 1 aliphatic heterocycles. The van der Waals surface area contributed by atoms with Crippen molar-refractivity contribution in [3.8, 4) is 0 Å². The number of hydrogen-bond acceptors (Lipinski definition) is 2. The summed E-state index contributed by atoms with van der Waals surface area (Å²) in [7, 11) is 0. The zero-order chi connectivity index (χ0) is 12.1. The molecule has 0 aromatic heterocycles. The summed E-state index contributed by atoms with van der Waals surface area (Å²) in [5, 5.41) is 3.56. The van der Waals surface area contributed by atoms with Gasteiger partial charge in [0, 0.05) is 18.6 Å². The second-order valence-corrected chi connectivity index (χ2v) is 6.12. The van der Waals surface area contributed by atoms with Crippen molar-refractivity contribution in [2.24, 2.45) is 5.92 Å². The highest BCUT2D eigenvalue weighted by Gasteiger charge is 2.30. The number of piperidine rings is 1. The van der Waals surface area contributed by atoms with Gasteiger partial charge in [0.25, 0.3) is 0 Å². The minimum Gasteiger partial charge on any atom is -0.315 e. The van der Waals surface area contributed by atoms with Gasteiger partial charge in [-0.2, -0.15) is 0 Å². The Kier molecular flexibility index (Phi) is 5.30. The number of hydrogen-bond donors (Lipinski definition) is 1. The lowest BCUT2D eigenvalue weighted by molar-refractivity contribution is 0.0608. The van der Waals surface area contributed by atoms with Crippen molar-refractivity contribution in [1.29, 1.82) is 0 Å². The van der Waals surface area contributed by atoms with E-state index in [2.05, 4.69) is 24.1 Å². The van der Waals surface area contributed by atoms with Gasteiger partial charge in [-0.3, -0.25) is 4.90 Å². The molecule has 0 spiro atoms. The highest BCUT2D eigenvalue weighted by Crippen LogP contribution is 2.31. The van der Waals surface area contributed by atoms with Crippen LogP contribution in [0.1, 0.15) is 58.8 Å². The van der Waals surface area contributed by atoms with Crippen molar-refractivity contribution in [3.05, 3.63) is 0 Å². The van der Waals surface area contributed by atoms with E-state index in [1.54, 1.807) is 0 Å². The molecule has 1 saturated heterocycles. The quantitative estimate of drug-likeness (QED) is 0.810. The van der Waals surface area contributed by atoms with Crippen molar-refractivity contribution in [1.82, 2.24) is 10.2 Å². The van der Waals surface area contributed by atoms with Crippen molar-refractivity contribution in [2.45, 2.75) is 70.9 Å². The maximum absolute atomic E-state index is 3.56. The predicted molar refractivity (Wildman–Crippen MR) is 74.3 cm³/mol. The molecule has 0 radical (unpaired) electrons. The van der Waals surface area contributed by atoms with Crippen LogP contribution in [-0.2, 0) is 0 Å². The van der Waals surface area contributed by atoms with Crippen LogP contribution in [0.4, 0.5) is 0 Å². The van der Waals surface area contributed by atoms with E-state index in [1.165, 1.54) is 58.0 Å². The molecule has 0 aromatic rings. The first kappa shape index (κ1) is 13.4. The highest BCUT2D eigenvalue weighted by atomic mass is 15.2. The third kappa shape index (κ3) is 3.69. The Morgan fingerprint density at radius 2 is 2.00 bits per heavy atom. The fraction of sp³-hybridized carbons (Fsp3) is 1.00. The van der Waals surface area contributed by atoms with Gasteiger partial charge in [-0.15, -0.1) is 0 Å². The molecule has 0 amide bonds. The van der Waals surface area contributed by atoms with Crippen molar-refractivity contribution < 1.29 is 0 Å². The van der Waals surface area contributed by atoms with Crippen LogP contribution in [0.3, 0.4) is 0 Å². The molecule has 1 aliphatic carbocycles. The predicted octanol–water partition coefficient (Wildman–Crippen LogP) is 3.03. The van der Waals surface area contributed by atoms with Gasteiger partial charge < -0.3 is 5.32 Å². The van der Waals surface area contributed by atoms with Gasteiger partial charge in [-0.1, -0.05) is 33.1 Å². The SMILES string of the molecule is CCNCC1CCCCN1C1CCCC(C)C1. The topological polar surface area (TPSA) is 15.3 Å². The Balaban J connectivity index is 1.90. The lowest BCUT2D eigenvalue weighted by atomic mass is 9.84. The third-order valence-corrected chi connectivity index (χ3v) is 4.68. The maximum Gasteiger partial charge on any atom is 0.0223 e. The lowest BCUT2D eigenvalue weighted by Gasteiger charge is -2.44. The average molecular weight is 238 g/mol. The van der Waals surface area contributed by atoms with Crippen molar-refractivity contribution in [3.63, 3.8) is 0 Å². The molecular weight excluding hydrogens is 208 g/mol. The van der Waals surface area contributed by atoms with Crippen LogP contribution < -0.4 is 5.32 Å². The summed E-state index contributed by atoms with van der Waals surface area (Å²) in [4.78, 5) is 2.85. The zero-order valence-electron chi connectivity index (χ0n) is 11.8. The van der Waals surface area contributed by atoms with Gasteiger partial charge in [-0.05, 0) is 44.7 Å². The lowest BCUT2D eigenvalue weighted by Crippen LogP contribution is -2.51. The second kappa shape index (κ2) is 6.75. The van der Waals surface area contributed by atoms with Crippen LogP contribution in [0.2, 0.25) is 0 Å². The second-order valence-electron chi connectivity index (χ2n) is 6.12. The summed E-state index contributed by atoms with van der Waals surface area (Å²) in [6.07, 6.45) is 10.1. The standard InChI is InChI=1S/C15H30N2/c1-3-16-12-15-8-4-5-10-17(15)14-9-6-7-13(2)11-14/h13-16H,3-12H2,1-2H3. The molecule has 2 fully saturated rings. The molecule has 3 unspecified atom stereocenters. The van der Waals surface area contributed by atoms with E-state index >= 15 is 0 Å². The number of likely N-dealkylation sites (N-methyl/N-ethyl adjacent to an activating group) is 1. The third-order valence-electron chi connectivity index (χ3n) is 4.68. The number of rotatable bonds is 4. The summed E-state index contributed by atoms with van der Waals surface area (Å²) in [6, 6.07) is 1.71. The number of nitrogens with one attached hydrogen (secondary N) is 1. The van der Waals surface area contributed by atoms with Crippen LogP contribution >= 0.6 is 0 Å². The van der Waals surface area contributed by atoms with Crippen molar-refractivity contribution in [2.75, 3.05) is 19.6 Å². The largest absolute Gasteiger partial charge is 0.315 e. The number of likely N-dealkylation sites (tertiary alicyclic amines) is 1. The van der Waals surface area contributed by atoms with Crippen LogP contribution in [0.15, 0.2) is 0 Å². The molecule has 2 heteroatoms. The number of nitrogens with zero attached hydrogens (tertiary/aromatic N) is 1. The molecular formula is C15H30N2. The summed E-state index contributed by atoms with van der Waals surface area (Å²) < 4.78 is 0. The molecule has 17 heavy (non-hydrogen) atoms. The fourth-order valence-corrected chi connectivity index (χ4v) is 3.74. The first-order chi connectivity index (χ1) is 8.31. The fourth-order valence-electron chi connectivity index (χ4n) is 3.74. The van der Waals surface area contributed by atoms with Crippen molar-refractivity contribution >= 4 is 0 Å². The molecule has 2 rings (SSSR count). The van der Waals surface area contributed by atoms with Crippen LogP contribution in [0.5, 0.6) is 0 Å². The van der Waals surface area contributed by atoms with E-state index in [0.29, 0.717) is 0 Å². The zero-order valence-corrected chi connectivity index (χ0v) is 11.8. The Bertz CT molecular complexity index is 217. The van der Waals surface area contributed by atoms with Gasteiger partial charge in [0.05, 0.1) is 0 Å². The molecule has 3 atom stereocenters. The Hall–Kier alpha value is -0.0800. The molecule has 2 nitrogen and oxygen atoms in total. The first-order valence-electron chi connectivity index (χ1n) is 7.77. The van der Waals surface area contributed by atoms with Gasteiger partial charge in [0.2, 0.25) is 0 Å². The van der Waals surface area contributed by atoms with E-state index in [4.69, 9.17) is 0 Å².